The van der Waals surface area contributed by atoms with E-state index >= 15 is 0 Å². The Morgan fingerprint density at radius 3 is 2.70 bits per heavy atom. The molecule has 0 spiro atoms. The van der Waals surface area contributed by atoms with E-state index in [2.05, 4.69) is 12.6 Å². The van der Waals surface area contributed by atoms with E-state index in [0.717, 1.165) is 11.3 Å². The number of halogens is 1. The first-order chi connectivity index (χ1) is 4.74. The van der Waals surface area contributed by atoms with Gasteiger partial charge in [-0.05, 0) is 24.8 Å². The number of rotatable bonds is 1. The quantitative estimate of drug-likeness (QED) is 0.506. The highest BCUT2D eigenvalue weighted by molar-refractivity contribution is 7.57. The number of hydrogen-bond acceptors (Lipinski definition) is 1. The van der Waals surface area contributed by atoms with Crippen molar-refractivity contribution in [2.24, 2.45) is 0 Å². The molecule has 0 atom stereocenters. The molecule has 54 valence electrons. The first-order valence-corrected chi connectivity index (χ1v) is 4.01. The van der Waals surface area contributed by atoms with Gasteiger partial charge < -0.3 is 5.73 Å². The molecule has 1 aromatic rings. The molecular weight excluding hydrogens is 166 g/mol. The molecule has 0 saturated carbocycles. The van der Waals surface area contributed by atoms with E-state index in [1.807, 2.05) is 12.1 Å². The summed E-state index contributed by atoms with van der Waals surface area (Å²) < 4.78 is 0. The number of nitrogens with two attached hydrogens (primary N) is 1. The first kappa shape index (κ1) is 7.76. The van der Waals surface area contributed by atoms with Gasteiger partial charge >= 0.3 is 0 Å². The topological polar surface area (TPSA) is 26.0 Å². The fourth-order valence-corrected chi connectivity index (χ4v) is 1.10. The Balaban J connectivity index is 3.04. The van der Waals surface area contributed by atoms with Crippen LogP contribution in [0.3, 0.4) is 0 Å². The van der Waals surface area contributed by atoms with Crippen molar-refractivity contribution in [1.29, 1.82) is 0 Å². The van der Waals surface area contributed by atoms with Crippen molar-refractivity contribution in [2.75, 3.05) is 5.73 Å². The van der Waals surface area contributed by atoms with Gasteiger partial charge in [0.15, 0.2) is 0 Å². The molecule has 2 N–H and O–H groups in total. The third kappa shape index (κ3) is 1.58. The fourth-order valence-electron chi connectivity index (χ4n) is 0.681. The van der Waals surface area contributed by atoms with Gasteiger partial charge in [0.25, 0.3) is 0 Å². The molecule has 1 nitrogen and oxygen atoms in total. The summed E-state index contributed by atoms with van der Waals surface area (Å²) in [4.78, 5) is 0. The smallest absolute Gasteiger partial charge is 0.128 e. The van der Waals surface area contributed by atoms with Gasteiger partial charge in [-0.15, -0.1) is 0 Å². The molecule has 3 heteroatoms. The number of hydrogen-bond donors (Lipinski definition) is 1. The van der Waals surface area contributed by atoms with Crippen LogP contribution in [0.1, 0.15) is 5.56 Å². The summed E-state index contributed by atoms with van der Waals surface area (Å²) in [6.45, 7) is 0. The van der Waals surface area contributed by atoms with Crippen LogP contribution in [0, 0.1) is 0 Å². The van der Waals surface area contributed by atoms with Gasteiger partial charge in [-0.3, -0.25) is 0 Å². The molecule has 0 aliphatic carbocycles. The number of nitrogen functional groups attached to an aromatic ring is 1. The molecule has 0 aromatic heterocycles. The molecule has 0 radical (unpaired) electrons. The van der Waals surface area contributed by atoms with Crippen LogP contribution in [0.4, 0.5) is 5.69 Å². The summed E-state index contributed by atoms with van der Waals surface area (Å²) in [5.74, 6) is 0.806. The lowest BCUT2D eigenvalue weighted by Crippen LogP contribution is -1.87. The van der Waals surface area contributed by atoms with Crippen molar-refractivity contribution in [3.8, 4) is 0 Å². The van der Waals surface area contributed by atoms with Crippen LogP contribution in [-0.4, -0.2) is 0 Å². The van der Waals surface area contributed by atoms with E-state index in [9.17, 15) is 0 Å². The summed E-state index contributed by atoms with van der Waals surface area (Å²) in [6, 6.07) is 5.59. The second-order valence-electron chi connectivity index (χ2n) is 2.03. The fraction of sp³-hybridized carbons (Fsp3) is 0.143. The Bertz CT molecular complexity index is 237. The molecule has 1 rings (SSSR count). The van der Waals surface area contributed by atoms with Crippen LogP contribution in [0.25, 0.3) is 0 Å². The van der Waals surface area contributed by atoms with Crippen molar-refractivity contribution >= 4 is 29.9 Å². The predicted molar refractivity (Wildman–Crippen MR) is 49.7 cm³/mol. The summed E-state index contributed by atoms with van der Waals surface area (Å²) >= 11 is 9.11. The van der Waals surface area contributed by atoms with Gasteiger partial charge in [0.2, 0.25) is 0 Å². The van der Waals surface area contributed by atoms with E-state index in [0.29, 0.717) is 10.7 Å². The normalized spacial score (nSPS) is 9.80. The number of anilines is 1. The Hall–Kier alpha value is -0.340. The van der Waals surface area contributed by atoms with Crippen LogP contribution in [0.2, 0.25) is 5.02 Å². The Kier molecular flexibility index (Phi) is 2.46. The van der Waals surface area contributed by atoms with Gasteiger partial charge in [0, 0.05) is 5.56 Å². The van der Waals surface area contributed by atoms with Gasteiger partial charge in [0.05, 0.1) is 10.7 Å². The largest absolute Gasteiger partial charge is 0.398 e. The van der Waals surface area contributed by atoms with Crippen molar-refractivity contribution < 1.29 is 0 Å². The maximum Gasteiger partial charge on any atom is 0.128 e. The molecule has 1 aromatic carbocycles. The summed E-state index contributed by atoms with van der Waals surface area (Å²) in [5, 5.41) is 0.621. The van der Waals surface area contributed by atoms with E-state index in [4.69, 9.17) is 17.3 Å². The second kappa shape index (κ2) is 3.17. The minimum absolute atomic E-state index is 0.621. The molecule has 0 heterocycles. The first-order valence-electron chi connectivity index (χ1n) is 2.92. The highest BCUT2D eigenvalue weighted by Crippen LogP contribution is 2.19. The maximum atomic E-state index is 5.75. The van der Waals surface area contributed by atoms with E-state index in [-0.39, 0.29) is 0 Å². The Morgan fingerprint density at radius 2 is 2.20 bits per heavy atom. The van der Waals surface area contributed by atoms with E-state index < -0.39 is 0 Å². The maximum absolute atomic E-state index is 5.75. The molecule has 0 aliphatic heterocycles. The standard InChI is InChI=1S/C7H8ClNS/c8-6-3-5(4-10)1-2-7(6)9/h1-3,10H,4,9H2/p+1. The number of benzene rings is 1. The zero-order valence-electron chi connectivity index (χ0n) is 5.39. The molecular formula is C7H9ClNS+. The lowest BCUT2D eigenvalue weighted by molar-refractivity contribution is 1.43. The van der Waals surface area contributed by atoms with E-state index in [1.54, 1.807) is 6.07 Å². The molecule has 10 heavy (non-hydrogen) atoms. The van der Waals surface area contributed by atoms with Gasteiger partial charge in [0.1, 0.15) is 5.75 Å². The van der Waals surface area contributed by atoms with Crippen LogP contribution in [0.5, 0.6) is 0 Å². The Labute approximate surface area is 70.6 Å². The summed E-state index contributed by atoms with van der Waals surface area (Å²) in [6.07, 6.45) is 0. The highest BCUT2D eigenvalue weighted by atomic mass is 35.5. The van der Waals surface area contributed by atoms with E-state index in [1.165, 1.54) is 0 Å². The average Bonchev–Trinajstić information content (AvgIpc) is 1.95. The van der Waals surface area contributed by atoms with Gasteiger partial charge in [-0.2, -0.15) is 0 Å². The third-order valence-electron chi connectivity index (χ3n) is 1.27. The van der Waals surface area contributed by atoms with Crippen LogP contribution in [0.15, 0.2) is 18.2 Å². The molecule has 0 amide bonds. The van der Waals surface area contributed by atoms with Crippen molar-refractivity contribution in [1.82, 2.24) is 0 Å². The molecule has 0 aliphatic rings. The van der Waals surface area contributed by atoms with Crippen molar-refractivity contribution in [2.45, 2.75) is 5.75 Å². The third-order valence-corrected chi connectivity index (χ3v) is 2.00. The summed E-state index contributed by atoms with van der Waals surface area (Å²) in [7, 11) is 0. The minimum Gasteiger partial charge on any atom is -0.398 e. The van der Waals surface area contributed by atoms with Crippen LogP contribution >= 0.6 is 11.6 Å². The summed E-state index contributed by atoms with van der Waals surface area (Å²) in [5.41, 5.74) is 7.26. The molecule has 0 fully saturated rings. The zero-order valence-corrected chi connectivity index (χ0v) is 7.15. The van der Waals surface area contributed by atoms with Crippen molar-refractivity contribution in [3.05, 3.63) is 28.8 Å². The molecule has 0 saturated heterocycles. The monoisotopic (exact) mass is 174 g/mol. The minimum atomic E-state index is 0.621. The van der Waals surface area contributed by atoms with Crippen molar-refractivity contribution in [3.63, 3.8) is 0 Å². The highest BCUT2D eigenvalue weighted by Gasteiger charge is 1.97. The lowest BCUT2D eigenvalue weighted by Gasteiger charge is -1.97. The van der Waals surface area contributed by atoms with Crippen LogP contribution < -0.4 is 5.73 Å². The zero-order chi connectivity index (χ0) is 7.56. The van der Waals surface area contributed by atoms with Gasteiger partial charge in [-0.1, -0.05) is 17.7 Å². The SMILES string of the molecule is Nc1ccc(C[SH2+])cc1Cl. The van der Waals surface area contributed by atoms with Gasteiger partial charge in [-0.25, -0.2) is 0 Å². The molecule has 0 unspecified atom stereocenters. The average molecular weight is 175 g/mol. The lowest BCUT2D eigenvalue weighted by atomic mass is 10.2. The molecule has 0 bridgehead atoms. The van der Waals surface area contributed by atoms with Crippen LogP contribution in [-0.2, 0) is 18.4 Å². The Morgan fingerprint density at radius 1 is 1.50 bits per heavy atom. The predicted octanol–water partition coefficient (Wildman–Crippen LogP) is 1.43. The second-order valence-corrected chi connectivity index (χ2v) is 2.79.